The second-order valence-electron chi connectivity index (χ2n) is 16.2. The van der Waals surface area contributed by atoms with Gasteiger partial charge in [0, 0.05) is 48.3 Å². The van der Waals surface area contributed by atoms with E-state index in [1.54, 1.807) is 27.7 Å². The number of phenolic OH excluding ortho intramolecular Hbond substituents is 3. The summed E-state index contributed by atoms with van der Waals surface area (Å²) in [7, 11) is 2.18. The van der Waals surface area contributed by atoms with Gasteiger partial charge in [0.25, 0.3) is 0 Å². The van der Waals surface area contributed by atoms with E-state index in [1.165, 1.54) is 18.2 Å². The molecule has 5 N–H and O–H groups in total. The number of ether oxygens (including phenoxy) is 9. The van der Waals surface area contributed by atoms with Crippen LogP contribution in [0, 0.1) is 0 Å². The van der Waals surface area contributed by atoms with Crippen LogP contribution in [-0.2, 0) is 47.5 Å². The van der Waals surface area contributed by atoms with E-state index < -0.39 is 119 Å². The average molecular weight is 811 g/mol. The molecule has 3 aromatic carbocycles. The van der Waals surface area contributed by atoms with Gasteiger partial charge in [0.15, 0.2) is 45.8 Å². The number of methoxy groups -OCH3 is 2. The van der Waals surface area contributed by atoms with Crippen LogP contribution in [0.5, 0.6) is 28.7 Å². The number of fused-ring (bicyclic) bond motifs is 4. The van der Waals surface area contributed by atoms with Crippen LogP contribution in [0.15, 0.2) is 30.3 Å². The molecule has 2 saturated heterocycles. The highest BCUT2D eigenvalue weighted by Crippen LogP contribution is 2.55. The van der Waals surface area contributed by atoms with Crippen molar-refractivity contribution in [2.24, 2.45) is 0 Å². The number of carbonyl (C=O) groups excluding carboxylic acids is 4. The molecule has 3 aliphatic heterocycles. The van der Waals surface area contributed by atoms with Gasteiger partial charge in [-0.1, -0.05) is 6.07 Å². The van der Waals surface area contributed by atoms with E-state index in [9.17, 15) is 44.7 Å². The van der Waals surface area contributed by atoms with Gasteiger partial charge in [-0.05, 0) is 51.3 Å². The lowest BCUT2D eigenvalue weighted by molar-refractivity contribution is -0.179. The highest BCUT2D eigenvalue weighted by Gasteiger charge is 2.60. The summed E-state index contributed by atoms with van der Waals surface area (Å²) in [6, 6.07) is 6.15. The van der Waals surface area contributed by atoms with E-state index in [0.717, 1.165) is 26.4 Å². The van der Waals surface area contributed by atoms with Crippen molar-refractivity contribution in [2.45, 2.75) is 113 Å². The number of phenols is 3. The first-order valence-electron chi connectivity index (χ1n) is 18.5. The lowest BCUT2D eigenvalue weighted by atomic mass is 9.79. The molecule has 4 fully saturated rings. The highest BCUT2D eigenvalue weighted by molar-refractivity contribution is 6.18. The Morgan fingerprint density at radius 3 is 1.72 bits per heavy atom. The van der Waals surface area contributed by atoms with E-state index in [-0.39, 0.29) is 52.0 Å². The number of carbonyl (C=O) groups is 4. The summed E-state index contributed by atoms with van der Waals surface area (Å²) < 4.78 is 52.0. The topological polar surface area (TPSA) is 252 Å². The van der Waals surface area contributed by atoms with Crippen LogP contribution in [0.2, 0.25) is 0 Å². The summed E-state index contributed by atoms with van der Waals surface area (Å²) in [6.45, 7) is 6.43. The molecule has 2 saturated carbocycles. The Bertz CT molecular complexity index is 2270. The maximum absolute atomic E-state index is 14.9. The molecule has 58 heavy (non-hydrogen) atoms. The summed E-state index contributed by atoms with van der Waals surface area (Å²) in [5.74, 6) is -8.70. The van der Waals surface area contributed by atoms with E-state index in [2.05, 4.69) is 0 Å². The Morgan fingerprint density at radius 1 is 0.672 bits per heavy atom. The number of benzene rings is 3. The molecule has 0 aromatic heterocycles. The molecule has 0 bridgehead atoms. The number of hydrogen-bond acceptors (Lipinski definition) is 18. The van der Waals surface area contributed by atoms with Crippen molar-refractivity contribution in [3.8, 4) is 39.9 Å². The molecular weight excluding hydrogens is 768 g/mol. The fraction of sp³-hybridized carbons (Fsp3) is 0.500. The molecule has 5 aliphatic rings. The van der Waals surface area contributed by atoms with Crippen LogP contribution in [0.4, 0.5) is 0 Å². The molecule has 2 aliphatic carbocycles. The number of rotatable bonds is 6. The van der Waals surface area contributed by atoms with Gasteiger partial charge in [0.2, 0.25) is 0 Å². The zero-order valence-corrected chi connectivity index (χ0v) is 32.2. The Morgan fingerprint density at radius 2 is 1.19 bits per heavy atom. The van der Waals surface area contributed by atoms with Crippen molar-refractivity contribution in [1.82, 2.24) is 0 Å². The number of aromatic hydroxyl groups is 3. The highest BCUT2D eigenvalue weighted by atomic mass is 16.8. The molecule has 0 spiro atoms. The van der Waals surface area contributed by atoms with Crippen LogP contribution in [-0.4, -0.2) is 123 Å². The number of esters is 4. The minimum Gasteiger partial charge on any atom is -0.504 e. The fourth-order valence-electron chi connectivity index (χ4n) is 8.88. The zero-order chi connectivity index (χ0) is 41.9. The monoisotopic (exact) mass is 810 g/mol. The van der Waals surface area contributed by atoms with Gasteiger partial charge < -0.3 is 68.2 Å². The Hall–Kier alpha value is -5.24. The molecule has 8 atom stereocenters. The Balaban J connectivity index is 1.28. The summed E-state index contributed by atoms with van der Waals surface area (Å²) in [4.78, 5) is 55.4. The first-order chi connectivity index (χ1) is 27.2. The van der Waals surface area contributed by atoms with Gasteiger partial charge in [-0.3, -0.25) is 0 Å². The van der Waals surface area contributed by atoms with Crippen molar-refractivity contribution in [3.05, 3.63) is 41.5 Å². The molecular formula is C40H42O18. The van der Waals surface area contributed by atoms with Gasteiger partial charge in [-0.25, -0.2) is 19.2 Å². The summed E-state index contributed by atoms with van der Waals surface area (Å²) in [5, 5.41) is 55.4. The number of aliphatic hydroxyl groups is 2. The van der Waals surface area contributed by atoms with Crippen molar-refractivity contribution in [1.29, 1.82) is 0 Å². The van der Waals surface area contributed by atoms with E-state index in [4.69, 9.17) is 42.6 Å². The number of hydrogen-bond donors (Lipinski definition) is 5. The van der Waals surface area contributed by atoms with Gasteiger partial charge in [0.1, 0.15) is 30.2 Å². The first-order valence-corrected chi connectivity index (χ1v) is 18.5. The summed E-state index contributed by atoms with van der Waals surface area (Å²) >= 11 is 0. The molecule has 8 rings (SSSR count). The summed E-state index contributed by atoms with van der Waals surface area (Å²) in [6.07, 6.45) is -8.06. The molecule has 3 heterocycles. The third kappa shape index (κ3) is 6.43. The molecule has 0 unspecified atom stereocenters. The smallest absolute Gasteiger partial charge is 0.340 e. The normalized spacial score (nSPS) is 31.2. The standard InChI is InChI=1S/C40H42O18/c1-37(2)55-25-14-39(48,35(46)50-5)12-23(31(25)57-37)53-33(44)18-9-16-7-8-19(41)30-27(16)28(17-10-20(42)21(43)11-22(17)52-30)29(18)34(45)54-24-13-40(49,36(47)51-6)15-26-32(24)58-38(3,4)56-26/h7-11,23-26,31-32,41-43,48-49H,12-15H2,1-6H3/t23-,24-,25+,26-,31+,32+,39-,40-/m1/s1. The molecule has 3 aromatic rings. The van der Waals surface area contributed by atoms with E-state index >= 15 is 0 Å². The maximum atomic E-state index is 14.9. The Kier molecular flexibility index (Phi) is 9.14. The molecule has 310 valence electrons. The molecule has 18 heteroatoms. The Labute approximate surface area is 330 Å². The zero-order valence-electron chi connectivity index (χ0n) is 32.2. The largest absolute Gasteiger partial charge is 0.504 e. The van der Waals surface area contributed by atoms with Crippen LogP contribution >= 0.6 is 0 Å². The lowest BCUT2D eigenvalue weighted by Crippen LogP contribution is -2.56. The van der Waals surface area contributed by atoms with Gasteiger partial charge in [0.05, 0.1) is 37.6 Å². The van der Waals surface area contributed by atoms with Crippen LogP contribution in [0.3, 0.4) is 0 Å². The van der Waals surface area contributed by atoms with Crippen molar-refractivity contribution in [2.75, 3.05) is 14.2 Å². The molecule has 18 nitrogen and oxygen atoms in total. The fourth-order valence-corrected chi connectivity index (χ4v) is 8.88. The quantitative estimate of drug-likeness (QED) is 0.106. The third-order valence-corrected chi connectivity index (χ3v) is 11.2. The predicted octanol–water partition coefficient (Wildman–Crippen LogP) is 3.22. The van der Waals surface area contributed by atoms with Crippen LogP contribution in [0.25, 0.3) is 21.9 Å². The maximum Gasteiger partial charge on any atom is 0.340 e. The lowest BCUT2D eigenvalue weighted by Gasteiger charge is -2.40. The predicted molar refractivity (Wildman–Crippen MR) is 193 cm³/mol. The second-order valence-corrected chi connectivity index (χ2v) is 16.2. The minimum atomic E-state index is -2.18. The van der Waals surface area contributed by atoms with Gasteiger partial charge >= 0.3 is 23.9 Å². The third-order valence-electron chi connectivity index (χ3n) is 11.2. The van der Waals surface area contributed by atoms with Crippen molar-refractivity contribution < 1.29 is 87.3 Å². The van der Waals surface area contributed by atoms with Gasteiger partial charge in [-0.2, -0.15) is 0 Å². The first kappa shape index (κ1) is 39.6. The molecule has 0 amide bonds. The van der Waals surface area contributed by atoms with E-state index in [0.29, 0.717) is 0 Å². The van der Waals surface area contributed by atoms with Crippen LogP contribution < -0.4 is 4.74 Å². The molecule has 0 radical (unpaired) electrons. The second kappa shape index (κ2) is 13.4. The summed E-state index contributed by atoms with van der Waals surface area (Å²) in [5.41, 5.74) is -5.36. The minimum absolute atomic E-state index is 0.0127. The average Bonchev–Trinajstić information content (AvgIpc) is 3.64. The van der Waals surface area contributed by atoms with Crippen LogP contribution in [0.1, 0.15) is 74.1 Å². The SMILES string of the molecule is COC(=O)[C@@]1(O)C[C@@H](OC(=O)c2c(C(=O)O[C@@H]3C[C@](O)(C(=O)OC)C[C@@H]4OC(C)(C)O[C@H]43)cc3ccc(O)c4c3c2-c2cc(O)c(O)cc2O4)[C@@H]2OC(C)(C)O[C@@H]2C1. The van der Waals surface area contributed by atoms with Crippen molar-refractivity contribution in [3.63, 3.8) is 0 Å². The van der Waals surface area contributed by atoms with E-state index in [1.807, 2.05) is 0 Å². The van der Waals surface area contributed by atoms with Gasteiger partial charge in [-0.15, -0.1) is 0 Å². The van der Waals surface area contributed by atoms with Crippen molar-refractivity contribution >= 4 is 34.6 Å².